The van der Waals surface area contributed by atoms with Crippen LogP contribution in [0.4, 0.5) is 0 Å². The molecule has 0 bridgehead atoms. The van der Waals surface area contributed by atoms with Crippen molar-refractivity contribution in [2.45, 2.75) is 164 Å². The minimum atomic E-state index is -1.52. The first-order valence-electron chi connectivity index (χ1n) is 25.8. The van der Waals surface area contributed by atoms with Crippen LogP contribution < -0.4 is 60.6 Å². The predicted octanol–water partition coefficient (Wildman–Crippen LogP) is -3.80. The molecule has 8 amide bonds. The standard InChI is InChI=1S/C47H80N16O12S/c1-27(56-40(68)32(15-16-37(64)65)59-43(71)35-13-8-21-62(35)45(73)34(24-28-25-53-26-55-28)61-39(67)29(50)10-3-5-18-48)38(66)57-30(11-4-6-19-49)41(69)58-31(12-7-20-54-47(51)52)42(70)60-33(17-23-76-2)44(72)63-22-9-14-36(63)46(74)75/h25-27,29-36H,3-24,48-50H2,1-2H3,(H,53,55)(H,56,68)(H,57,66)(H,58,69)(H,59,71)(H,60,70)(H,61,67)(H,64,65)(H,74,75)(H4,51,52,54)/t27-,29-,30-,31-,32-,33-,34-,35-,36-/m0/s1. The second kappa shape index (κ2) is 33.4. The summed E-state index contributed by atoms with van der Waals surface area (Å²) in [5, 5.41) is 35.1. The van der Waals surface area contributed by atoms with Gasteiger partial charge in [-0.3, -0.25) is 48.1 Å². The van der Waals surface area contributed by atoms with E-state index in [0.717, 1.165) is 0 Å². The van der Waals surface area contributed by atoms with E-state index in [9.17, 15) is 58.2 Å². The summed E-state index contributed by atoms with van der Waals surface area (Å²) in [4.78, 5) is 148. The molecule has 3 heterocycles. The molecule has 28 nitrogen and oxygen atoms in total. The van der Waals surface area contributed by atoms with E-state index in [1.807, 2.05) is 0 Å². The van der Waals surface area contributed by atoms with Gasteiger partial charge in [0.15, 0.2) is 5.96 Å². The lowest BCUT2D eigenvalue weighted by molar-refractivity contribution is -0.149. The highest BCUT2D eigenvalue weighted by molar-refractivity contribution is 7.98. The number of unbranched alkanes of at least 4 members (excludes halogenated alkanes) is 2. The van der Waals surface area contributed by atoms with Crippen LogP contribution in [0.2, 0.25) is 0 Å². The van der Waals surface area contributed by atoms with Crippen LogP contribution in [-0.2, 0) is 54.4 Å². The van der Waals surface area contributed by atoms with Gasteiger partial charge in [-0.2, -0.15) is 11.8 Å². The Bertz CT molecular complexity index is 2130. The number of aromatic amines is 1. The molecular weight excluding hydrogens is 1010 g/mol. The third-order valence-corrected chi connectivity index (χ3v) is 13.6. The van der Waals surface area contributed by atoms with Gasteiger partial charge in [0.2, 0.25) is 47.3 Å². The summed E-state index contributed by atoms with van der Waals surface area (Å²) in [5.41, 5.74) is 29.0. The largest absolute Gasteiger partial charge is 0.481 e. The molecule has 29 heteroatoms. The summed E-state index contributed by atoms with van der Waals surface area (Å²) in [7, 11) is 0. The van der Waals surface area contributed by atoms with E-state index in [1.165, 1.54) is 41.0 Å². The van der Waals surface area contributed by atoms with Crippen molar-refractivity contribution in [1.29, 1.82) is 0 Å². The predicted molar refractivity (Wildman–Crippen MR) is 280 cm³/mol. The molecule has 0 unspecified atom stereocenters. The number of nitrogens with zero attached hydrogens (tertiary/aromatic N) is 4. The van der Waals surface area contributed by atoms with Crippen molar-refractivity contribution in [2.75, 3.05) is 44.7 Å². The topological polar surface area (TPSA) is 461 Å². The summed E-state index contributed by atoms with van der Waals surface area (Å²) in [6.45, 7) is 2.35. The third kappa shape index (κ3) is 21.2. The van der Waals surface area contributed by atoms with Crippen LogP contribution in [0.3, 0.4) is 0 Å². The summed E-state index contributed by atoms with van der Waals surface area (Å²) in [6, 6.07) is -10.9. The van der Waals surface area contributed by atoms with Gasteiger partial charge in [0.25, 0.3) is 0 Å². The summed E-state index contributed by atoms with van der Waals surface area (Å²) >= 11 is 1.41. The van der Waals surface area contributed by atoms with Gasteiger partial charge in [0.1, 0.15) is 48.3 Å². The van der Waals surface area contributed by atoms with E-state index in [-0.39, 0.29) is 77.1 Å². The van der Waals surface area contributed by atoms with Crippen LogP contribution in [0.25, 0.3) is 0 Å². The van der Waals surface area contributed by atoms with Gasteiger partial charge in [0.05, 0.1) is 12.4 Å². The number of carbonyl (C=O) groups excluding carboxylic acids is 8. The van der Waals surface area contributed by atoms with Crippen LogP contribution in [0, 0.1) is 0 Å². The molecule has 2 aliphatic heterocycles. The van der Waals surface area contributed by atoms with Crippen LogP contribution in [-0.4, -0.2) is 194 Å². The molecule has 0 radical (unpaired) electrons. The average Bonchev–Trinajstić information content (AvgIpc) is 4.20. The zero-order valence-corrected chi connectivity index (χ0v) is 44.3. The Labute approximate surface area is 446 Å². The number of nitrogens with two attached hydrogens (primary N) is 5. The fraction of sp³-hybridized carbons (Fsp3) is 0.702. The van der Waals surface area contributed by atoms with Gasteiger partial charge >= 0.3 is 11.9 Å². The monoisotopic (exact) mass is 1090 g/mol. The molecule has 0 saturated carbocycles. The molecule has 0 spiro atoms. The maximum absolute atomic E-state index is 14.2. The fourth-order valence-electron chi connectivity index (χ4n) is 8.78. The number of aliphatic carboxylic acids is 2. The lowest BCUT2D eigenvalue weighted by atomic mass is 10.0. The Balaban J connectivity index is 1.80. The number of guanidine groups is 1. The number of carbonyl (C=O) groups is 10. The summed E-state index contributed by atoms with van der Waals surface area (Å²) < 4.78 is 0. The first-order chi connectivity index (χ1) is 36.2. The first kappa shape index (κ1) is 63.7. The number of H-pyrrole nitrogens is 1. The van der Waals surface area contributed by atoms with E-state index >= 15 is 0 Å². The Morgan fingerprint density at radius 2 is 1.24 bits per heavy atom. The highest BCUT2D eigenvalue weighted by atomic mass is 32.2. The van der Waals surface area contributed by atoms with E-state index in [1.54, 1.807) is 6.26 Å². The Morgan fingerprint density at radius 3 is 1.82 bits per heavy atom. The number of hydrogen-bond donors (Lipinski definition) is 14. The minimum absolute atomic E-state index is 0.0153. The van der Waals surface area contributed by atoms with Gasteiger partial charge < -0.3 is 85.6 Å². The Hall–Kier alpha value is -6.59. The zero-order valence-electron chi connectivity index (χ0n) is 43.5. The number of imidazole rings is 1. The summed E-state index contributed by atoms with van der Waals surface area (Å²) in [5.74, 6) is -8.15. The normalized spacial score (nSPS) is 17.9. The van der Waals surface area contributed by atoms with Crippen LogP contribution in [0.1, 0.15) is 109 Å². The van der Waals surface area contributed by atoms with Gasteiger partial charge in [-0.25, -0.2) is 9.78 Å². The SMILES string of the molecule is CSCC[C@H](NC(=O)[C@H](CCCN=C(N)N)NC(=O)[C@H](CCCCN)NC(=O)[C@H](C)NC(=O)[C@H](CCC(=O)O)NC(=O)[C@@H]1CCCN1C(=O)[C@H](Cc1cnc[nH]1)NC(=O)[C@@H](N)CCCCN)C(=O)N1CCC[C@H]1C(=O)O. The number of nitrogens with one attached hydrogen (secondary N) is 7. The molecule has 2 saturated heterocycles. The number of carboxylic acids is 2. The number of thioether (sulfide) groups is 1. The van der Waals surface area contributed by atoms with Crippen molar-refractivity contribution in [3.8, 4) is 0 Å². The van der Waals surface area contributed by atoms with Crippen LogP contribution in [0.15, 0.2) is 17.5 Å². The average molecular weight is 1090 g/mol. The van der Waals surface area contributed by atoms with Gasteiger partial charge in [-0.15, -0.1) is 0 Å². The lowest BCUT2D eigenvalue weighted by Gasteiger charge is -2.30. The third-order valence-electron chi connectivity index (χ3n) is 13.0. The molecule has 2 aliphatic rings. The molecular formula is C47H80N16O12S. The maximum atomic E-state index is 14.2. The molecule has 0 aromatic carbocycles. The molecule has 76 heavy (non-hydrogen) atoms. The molecule has 0 aliphatic carbocycles. The van der Waals surface area contributed by atoms with Crippen LogP contribution in [0.5, 0.6) is 0 Å². The van der Waals surface area contributed by atoms with Crippen LogP contribution >= 0.6 is 11.8 Å². The van der Waals surface area contributed by atoms with E-state index in [0.29, 0.717) is 62.9 Å². The second-order valence-electron chi connectivity index (χ2n) is 18.9. The molecule has 1 aromatic heterocycles. The Kier molecular flexibility index (Phi) is 28.0. The molecule has 1 aromatic rings. The summed E-state index contributed by atoms with van der Waals surface area (Å²) in [6.07, 6.45) is 7.64. The maximum Gasteiger partial charge on any atom is 0.326 e. The second-order valence-corrected chi connectivity index (χ2v) is 19.9. The minimum Gasteiger partial charge on any atom is -0.481 e. The van der Waals surface area contributed by atoms with Crippen molar-refractivity contribution in [3.63, 3.8) is 0 Å². The van der Waals surface area contributed by atoms with Crippen molar-refractivity contribution in [1.82, 2.24) is 51.7 Å². The lowest BCUT2D eigenvalue weighted by Crippen LogP contribution is -2.60. The molecule has 426 valence electrons. The zero-order chi connectivity index (χ0) is 56.3. The van der Waals surface area contributed by atoms with Crippen molar-refractivity contribution in [2.24, 2.45) is 33.7 Å². The first-order valence-corrected chi connectivity index (χ1v) is 27.2. The number of hydrogen-bond acceptors (Lipinski definition) is 16. The Morgan fingerprint density at radius 1 is 0.697 bits per heavy atom. The fourth-order valence-corrected chi connectivity index (χ4v) is 9.25. The van der Waals surface area contributed by atoms with Gasteiger partial charge in [-0.1, -0.05) is 6.42 Å². The van der Waals surface area contributed by atoms with Gasteiger partial charge in [0, 0.05) is 44.4 Å². The highest BCUT2D eigenvalue weighted by Gasteiger charge is 2.41. The number of likely N-dealkylation sites (tertiary alicyclic amines) is 2. The number of amides is 8. The van der Waals surface area contributed by atoms with E-state index in [4.69, 9.17) is 28.7 Å². The highest BCUT2D eigenvalue weighted by Crippen LogP contribution is 2.22. The number of aromatic nitrogens is 2. The van der Waals surface area contributed by atoms with Crippen molar-refractivity contribution >= 4 is 76.9 Å². The number of rotatable bonds is 35. The quantitative estimate of drug-likeness (QED) is 0.0176. The number of aliphatic imine (C=N–C) groups is 1. The van der Waals surface area contributed by atoms with E-state index < -0.39 is 126 Å². The molecule has 3 rings (SSSR count). The van der Waals surface area contributed by atoms with Crippen molar-refractivity contribution in [3.05, 3.63) is 18.2 Å². The van der Waals surface area contributed by atoms with Gasteiger partial charge in [-0.05, 0) is 115 Å². The number of carboxylic acid groups (broad SMARTS) is 2. The molecule has 2 fully saturated rings. The van der Waals surface area contributed by atoms with E-state index in [2.05, 4.69) is 46.9 Å². The van der Waals surface area contributed by atoms with Crippen molar-refractivity contribution < 1.29 is 58.2 Å². The smallest absolute Gasteiger partial charge is 0.326 e. The molecule has 9 atom stereocenters. The molecule has 19 N–H and O–H groups in total.